The van der Waals surface area contributed by atoms with Crippen LogP contribution >= 0.6 is 11.8 Å². The van der Waals surface area contributed by atoms with Crippen LogP contribution in [0.25, 0.3) is 11.5 Å². The SMILES string of the molecule is O=C([O-])C1CCN(C(=O)CSc2nnc(-c3ccccc3)o2)CC1. The fourth-order valence-electron chi connectivity index (χ4n) is 2.54. The molecule has 2 aromatic rings. The molecule has 0 atom stereocenters. The lowest BCUT2D eigenvalue weighted by atomic mass is 9.97. The zero-order valence-corrected chi connectivity index (χ0v) is 13.7. The molecule has 0 unspecified atom stereocenters. The average Bonchev–Trinajstić information content (AvgIpc) is 3.09. The van der Waals surface area contributed by atoms with E-state index in [1.807, 2.05) is 30.3 Å². The van der Waals surface area contributed by atoms with Gasteiger partial charge in [-0.05, 0) is 25.0 Å². The summed E-state index contributed by atoms with van der Waals surface area (Å²) in [6.07, 6.45) is 0.884. The number of benzene rings is 1. The highest BCUT2D eigenvalue weighted by Gasteiger charge is 2.23. The molecule has 1 saturated heterocycles. The normalized spacial score (nSPS) is 15.4. The van der Waals surface area contributed by atoms with Gasteiger partial charge in [-0.15, -0.1) is 10.2 Å². The van der Waals surface area contributed by atoms with E-state index in [0.717, 1.165) is 5.56 Å². The molecule has 1 aliphatic heterocycles. The number of aromatic nitrogens is 2. The molecule has 1 aliphatic rings. The predicted octanol–water partition coefficient (Wildman–Crippen LogP) is 0.817. The molecular weight excluding hydrogens is 330 g/mol. The Bertz CT molecular complexity index is 711. The molecule has 0 saturated carbocycles. The summed E-state index contributed by atoms with van der Waals surface area (Å²) in [5.74, 6) is -0.940. The summed E-state index contributed by atoms with van der Waals surface area (Å²) in [6, 6.07) is 9.40. The summed E-state index contributed by atoms with van der Waals surface area (Å²) in [7, 11) is 0. The summed E-state index contributed by atoms with van der Waals surface area (Å²) < 4.78 is 5.54. The first kappa shape index (κ1) is 16.5. The second kappa shape index (κ2) is 7.48. The molecule has 8 heteroatoms. The van der Waals surface area contributed by atoms with Gasteiger partial charge in [0.15, 0.2) is 0 Å². The summed E-state index contributed by atoms with van der Waals surface area (Å²) in [5, 5.41) is 19.1. The number of carbonyl (C=O) groups is 2. The minimum Gasteiger partial charge on any atom is -0.550 e. The van der Waals surface area contributed by atoms with Crippen LogP contribution in [0.15, 0.2) is 40.0 Å². The van der Waals surface area contributed by atoms with Crippen LogP contribution in [-0.2, 0) is 9.59 Å². The third kappa shape index (κ3) is 3.94. The highest BCUT2D eigenvalue weighted by atomic mass is 32.2. The standard InChI is InChI=1S/C16H17N3O4S/c20-13(19-8-6-12(7-9-19)15(21)22)10-24-16-18-17-14(23-16)11-4-2-1-3-5-11/h1-5,12H,6-10H2,(H,21,22)/p-1. The average molecular weight is 346 g/mol. The summed E-state index contributed by atoms with van der Waals surface area (Å²) >= 11 is 1.18. The number of rotatable bonds is 5. The molecule has 0 bridgehead atoms. The minimum absolute atomic E-state index is 0.0590. The van der Waals surface area contributed by atoms with Gasteiger partial charge in [-0.1, -0.05) is 30.0 Å². The number of carbonyl (C=O) groups excluding carboxylic acids is 2. The summed E-state index contributed by atoms with van der Waals surface area (Å²) in [6.45, 7) is 0.883. The maximum atomic E-state index is 12.2. The molecule has 126 valence electrons. The zero-order valence-electron chi connectivity index (χ0n) is 12.9. The lowest BCUT2D eigenvalue weighted by Crippen LogP contribution is -2.44. The molecular formula is C16H16N3O4S-. The Morgan fingerprint density at radius 1 is 1.21 bits per heavy atom. The Labute approximate surface area is 143 Å². The van der Waals surface area contributed by atoms with Crippen LogP contribution in [0.4, 0.5) is 0 Å². The molecule has 1 amide bonds. The van der Waals surface area contributed by atoms with Crippen molar-refractivity contribution in [3.8, 4) is 11.5 Å². The van der Waals surface area contributed by atoms with Crippen molar-refractivity contribution in [3.05, 3.63) is 30.3 Å². The van der Waals surface area contributed by atoms with Crippen molar-refractivity contribution in [3.63, 3.8) is 0 Å². The Balaban J connectivity index is 1.50. The van der Waals surface area contributed by atoms with Crippen molar-refractivity contribution in [2.75, 3.05) is 18.8 Å². The van der Waals surface area contributed by atoms with E-state index in [4.69, 9.17) is 4.42 Å². The third-order valence-electron chi connectivity index (χ3n) is 3.93. The molecule has 0 N–H and O–H groups in total. The first-order chi connectivity index (χ1) is 11.6. The lowest BCUT2D eigenvalue weighted by Gasteiger charge is -2.32. The number of hydrogen-bond donors (Lipinski definition) is 0. The largest absolute Gasteiger partial charge is 0.550 e. The zero-order chi connectivity index (χ0) is 16.9. The molecule has 1 aromatic carbocycles. The van der Waals surface area contributed by atoms with Crippen LogP contribution in [0.1, 0.15) is 12.8 Å². The van der Waals surface area contributed by atoms with Crippen LogP contribution in [0.5, 0.6) is 0 Å². The molecule has 2 heterocycles. The fraction of sp³-hybridized carbons (Fsp3) is 0.375. The van der Waals surface area contributed by atoms with E-state index in [2.05, 4.69) is 10.2 Å². The van der Waals surface area contributed by atoms with Crippen LogP contribution in [0, 0.1) is 5.92 Å². The number of carboxylic acids is 1. The maximum Gasteiger partial charge on any atom is 0.277 e. The minimum atomic E-state index is -1.03. The first-order valence-electron chi connectivity index (χ1n) is 7.64. The van der Waals surface area contributed by atoms with Gasteiger partial charge in [0.05, 0.1) is 5.75 Å². The van der Waals surface area contributed by atoms with Crippen molar-refractivity contribution >= 4 is 23.6 Å². The van der Waals surface area contributed by atoms with Crippen molar-refractivity contribution in [2.24, 2.45) is 5.92 Å². The molecule has 24 heavy (non-hydrogen) atoms. The van der Waals surface area contributed by atoms with Gasteiger partial charge >= 0.3 is 0 Å². The summed E-state index contributed by atoms with van der Waals surface area (Å²) in [4.78, 5) is 24.7. The Morgan fingerprint density at radius 2 is 1.92 bits per heavy atom. The number of thioether (sulfide) groups is 1. The van der Waals surface area contributed by atoms with Crippen molar-refractivity contribution in [1.29, 1.82) is 0 Å². The molecule has 0 radical (unpaired) electrons. The van der Waals surface area contributed by atoms with Gasteiger partial charge in [-0.3, -0.25) is 4.79 Å². The van der Waals surface area contributed by atoms with E-state index in [1.54, 1.807) is 4.90 Å². The second-order valence-electron chi connectivity index (χ2n) is 5.50. The lowest BCUT2D eigenvalue weighted by molar-refractivity contribution is -0.312. The van der Waals surface area contributed by atoms with Gasteiger partial charge in [-0.2, -0.15) is 0 Å². The maximum absolute atomic E-state index is 12.2. The Hall–Kier alpha value is -2.35. The van der Waals surface area contributed by atoms with E-state index in [1.165, 1.54) is 11.8 Å². The van der Waals surface area contributed by atoms with Gasteiger partial charge in [-0.25, -0.2) is 0 Å². The number of aliphatic carboxylic acids is 1. The Kier molecular flexibility index (Phi) is 5.14. The van der Waals surface area contributed by atoms with Gasteiger partial charge < -0.3 is 19.2 Å². The van der Waals surface area contributed by atoms with Crippen LogP contribution in [-0.4, -0.2) is 45.8 Å². The highest BCUT2D eigenvalue weighted by Crippen LogP contribution is 2.24. The fourth-order valence-corrected chi connectivity index (χ4v) is 3.21. The van der Waals surface area contributed by atoms with Gasteiger partial charge in [0, 0.05) is 30.5 Å². The van der Waals surface area contributed by atoms with Crippen molar-refractivity contribution in [1.82, 2.24) is 15.1 Å². The molecule has 7 nitrogen and oxygen atoms in total. The quantitative estimate of drug-likeness (QED) is 0.739. The predicted molar refractivity (Wildman–Crippen MR) is 84.8 cm³/mol. The van der Waals surface area contributed by atoms with Crippen molar-refractivity contribution in [2.45, 2.75) is 18.1 Å². The van der Waals surface area contributed by atoms with E-state index < -0.39 is 11.9 Å². The number of amides is 1. The van der Waals surface area contributed by atoms with Gasteiger partial charge in [0.1, 0.15) is 0 Å². The van der Waals surface area contributed by atoms with E-state index in [-0.39, 0.29) is 11.7 Å². The van der Waals surface area contributed by atoms with Gasteiger partial charge in [0.2, 0.25) is 11.8 Å². The number of nitrogens with zero attached hydrogens (tertiary/aromatic N) is 3. The molecule has 1 aromatic heterocycles. The van der Waals surface area contributed by atoms with E-state index in [0.29, 0.717) is 37.0 Å². The molecule has 1 fully saturated rings. The number of hydrogen-bond acceptors (Lipinski definition) is 7. The third-order valence-corrected chi connectivity index (χ3v) is 4.73. The van der Waals surface area contributed by atoms with Crippen LogP contribution in [0.2, 0.25) is 0 Å². The topological polar surface area (TPSA) is 99.4 Å². The molecule has 0 spiro atoms. The molecule has 3 rings (SSSR count). The van der Waals surface area contributed by atoms with Gasteiger partial charge in [0.25, 0.3) is 5.22 Å². The van der Waals surface area contributed by atoms with E-state index in [9.17, 15) is 14.7 Å². The van der Waals surface area contributed by atoms with Crippen molar-refractivity contribution < 1.29 is 19.1 Å². The molecule has 0 aliphatic carbocycles. The number of carboxylic acid groups (broad SMARTS) is 1. The highest BCUT2D eigenvalue weighted by molar-refractivity contribution is 7.99. The second-order valence-corrected chi connectivity index (χ2v) is 6.43. The smallest absolute Gasteiger partial charge is 0.277 e. The van der Waals surface area contributed by atoms with Crippen LogP contribution < -0.4 is 5.11 Å². The monoisotopic (exact) mass is 346 g/mol. The van der Waals surface area contributed by atoms with Crippen LogP contribution in [0.3, 0.4) is 0 Å². The number of piperidine rings is 1. The number of likely N-dealkylation sites (tertiary alicyclic amines) is 1. The summed E-state index contributed by atoms with van der Waals surface area (Å²) in [5.41, 5.74) is 0.826. The van der Waals surface area contributed by atoms with E-state index >= 15 is 0 Å². The first-order valence-corrected chi connectivity index (χ1v) is 8.62. The Morgan fingerprint density at radius 3 is 2.58 bits per heavy atom.